The molecule has 0 spiro atoms. The first kappa shape index (κ1) is 12.6. The van der Waals surface area contributed by atoms with Crippen LogP contribution in [0, 0.1) is 0 Å². The fourth-order valence-electron chi connectivity index (χ4n) is 1.35. The highest BCUT2D eigenvalue weighted by Crippen LogP contribution is 2.35. The smallest absolute Gasteiger partial charge is 0.0629 e. The highest BCUT2D eigenvalue weighted by Gasteiger charge is 2.07. The van der Waals surface area contributed by atoms with Crippen LogP contribution in [0.4, 0.5) is 5.69 Å². The Balaban J connectivity index is 2.16. The Kier molecular flexibility index (Phi) is 4.15. The van der Waals surface area contributed by atoms with Crippen molar-refractivity contribution in [2.24, 2.45) is 0 Å². The lowest BCUT2D eigenvalue weighted by molar-refractivity contribution is 1.27. The molecule has 0 aliphatic rings. The average Bonchev–Trinajstić information content (AvgIpc) is 2.30. The van der Waals surface area contributed by atoms with E-state index in [2.05, 4.69) is 4.98 Å². The molecule has 2 N–H and O–H groups in total. The van der Waals surface area contributed by atoms with E-state index in [9.17, 15) is 0 Å². The minimum Gasteiger partial charge on any atom is -0.398 e. The number of thioether (sulfide) groups is 1. The minimum atomic E-state index is 0.658. The molecule has 0 bridgehead atoms. The molecule has 0 aliphatic heterocycles. The van der Waals surface area contributed by atoms with E-state index in [1.165, 1.54) is 0 Å². The van der Waals surface area contributed by atoms with E-state index in [0.29, 0.717) is 15.7 Å². The summed E-state index contributed by atoms with van der Waals surface area (Å²) in [6, 6.07) is 7.39. The zero-order valence-corrected chi connectivity index (χ0v) is 11.2. The maximum absolute atomic E-state index is 6.09. The number of nitrogen functional groups attached to an aromatic ring is 1. The molecule has 17 heavy (non-hydrogen) atoms. The maximum atomic E-state index is 6.09. The lowest BCUT2D eigenvalue weighted by Gasteiger charge is -2.08. The molecular weight excluding hydrogens is 275 g/mol. The highest BCUT2D eigenvalue weighted by atomic mass is 35.5. The molecule has 88 valence electrons. The molecule has 1 aromatic carbocycles. The molecule has 0 amide bonds. The topological polar surface area (TPSA) is 38.9 Å². The Bertz CT molecular complexity index is 511. The number of rotatable bonds is 3. The van der Waals surface area contributed by atoms with E-state index in [-0.39, 0.29) is 0 Å². The Hall–Kier alpha value is -0.900. The van der Waals surface area contributed by atoms with E-state index >= 15 is 0 Å². The summed E-state index contributed by atoms with van der Waals surface area (Å²) in [5, 5.41) is 1.32. The summed E-state index contributed by atoms with van der Waals surface area (Å²) in [6.07, 6.45) is 3.35. The van der Waals surface area contributed by atoms with Gasteiger partial charge in [0.25, 0.3) is 0 Å². The van der Waals surface area contributed by atoms with Gasteiger partial charge in [0.1, 0.15) is 0 Å². The van der Waals surface area contributed by atoms with Crippen molar-refractivity contribution in [1.29, 1.82) is 0 Å². The van der Waals surface area contributed by atoms with Crippen LogP contribution >= 0.6 is 35.0 Å². The van der Waals surface area contributed by atoms with Gasteiger partial charge >= 0.3 is 0 Å². The summed E-state index contributed by atoms with van der Waals surface area (Å²) in [6.45, 7) is 0. The van der Waals surface area contributed by atoms with Crippen molar-refractivity contribution < 1.29 is 0 Å². The lowest BCUT2D eigenvalue weighted by Crippen LogP contribution is -1.90. The van der Waals surface area contributed by atoms with Crippen LogP contribution in [0.25, 0.3) is 0 Å². The average molecular weight is 285 g/mol. The molecule has 0 saturated heterocycles. The summed E-state index contributed by atoms with van der Waals surface area (Å²) in [7, 11) is 0. The molecule has 2 rings (SSSR count). The first-order chi connectivity index (χ1) is 8.18. The van der Waals surface area contributed by atoms with Gasteiger partial charge in [-0.25, -0.2) is 0 Å². The van der Waals surface area contributed by atoms with Gasteiger partial charge in [0.05, 0.1) is 10.0 Å². The van der Waals surface area contributed by atoms with Crippen molar-refractivity contribution in [3.63, 3.8) is 0 Å². The van der Waals surface area contributed by atoms with E-state index in [1.54, 1.807) is 24.2 Å². The van der Waals surface area contributed by atoms with Crippen molar-refractivity contribution in [2.75, 3.05) is 5.73 Å². The monoisotopic (exact) mass is 284 g/mol. The summed E-state index contributed by atoms with van der Waals surface area (Å²) in [5.41, 5.74) is 7.58. The van der Waals surface area contributed by atoms with E-state index in [1.807, 2.05) is 24.3 Å². The predicted molar refractivity (Wildman–Crippen MR) is 74.7 cm³/mol. The minimum absolute atomic E-state index is 0.658. The van der Waals surface area contributed by atoms with Crippen molar-refractivity contribution in [3.05, 3.63) is 52.3 Å². The Labute approximate surface area is 114 Å². The van der Waals surface area contributed by atoms with Gasteiger partial charge in [-0.3, -0.25) is 4.98 Å². The second-order valence-corrected chi connectivity index (χ2v) is 5.21. The van der Waals surface area contributed by atoms with Crippen molar-refractivity contribution in [3.8, 4) is 0 Å². The Morgan fingerprint density at radius 2 is 2.00 bits per heavy atom. The van der Waals surface area contributed by atoms with Crippen LogP contribution in [-0.4, -0.2) is 4.98 Å². The Morgan fingerprint density at radius 1 is 1.18 bits per heavy atom. The second-order valence-electron chi connectivity index (χ2n) is 3.41. The third-order valence-corrected chi connectivity index (χ3v) is 4.19. The van der Waals surface area contributed by atoms with Gasteiger partial charge in [-0.05, 0) is 23.8 Å². The van der Waals surface area contributed by atoms with Crippen LogP contribution in [0.3, 0.4) is 0 Å². The zero-order valence-electron chi connectivity index (χ0n) is 8.86. The number of hydrogen-bond acceptors (Lipinski definition) is 3. The van der Waals surface area contributed by atoms with E-state index in [4.69, 9.17) is 28.9 Å². The lowest BCUT2D eigenvalue weighted by atomic mass is 10.3. The van der Waals surface area contributed by atoms with Crippen LogP contribution in [0.15, 0.2) is 41.6 Å². The molecule has 2 aromatic rings. The van der Waals surface area contributed by atoms with Gasteiger partial charge in [-0.1, -0.05) is 29.3 Å². The second kappa shape index (κ2) is 5.63. The third-order valence-electron chi connectivity index (χ3n) is 2.23. The molecule has 5 heteroatoms. The number of benzene rings is 1. The number of nitrogens with two attached hydrogens (primary N) is 1. The van der Waals surface area contributed by atoms with Crippen molar-refractivity contribution in [2.45, 2.75) is 10.6 Å². The van der Waals surface area contributed by atoms with Crippen LogP contribution in [0.1, 0.15) is 5.56 Å². The predicted octanol–water partition coefficient (Wildman–Crippen LogP) is 4.26. The first-order valence-electron chi connectivity index (χ1n) is 4.93. The number of anilines is 1. The maximum Gasteiger partial charge on any atom is 0.0629 e. The van der Waals surface area contributed by atoms with E-state index < -0.39 is 0 Å². The van der Waals surface area contributed by atoms with Gasteiger partial charge in [0, 0.05) is 28.7 Å². The zero-order chi connectivity index (χ0) is 12.3. The largest absolute Gasteiger partial charge is 0.398 e. The van der Waals surface area contributed by atoms with Gasteiger partial charge in [0.2, 0.25) is 0 Å². The number of hydrogen-bond donors (Lipinski definition) is 1. The molecule has 1 heterocycles. The van der Waals surface area contributed by atoms with Crippen LogP contribution in [0.2, 0.25) is 10.0 Å². The summed E-state index contributed by atoms with van der Waals surface area (Å²) < 4.78 is 0. The quantitative estimate of drug-likeness (QED) is 0.676. The van der Waals surface area contributed by atoms with Gasteiger partial charge < -0.3 is 5.73 Å². The highest BCUT2D eigenvalue weighted by molar-refractivity contribution is 7.98. The van der Waals surface area contributed by atoms with Crippen LogP contribution in [0.5, 0.6) is 0 Å². The molecule has 0 saturated carbocycles. The van der Waals surface area contributed by atoms with Crippen molar-refractivity contribution in [1.82, 2.24) is 4.98 Å². The van der Waals surface area contributed by atoms with Gasteiger partial charge in [0.15, 0.2) is 0 Å². The molecule has 2 nitrogen and oxygen atoms in total. The summed E-state index contributed by atoms with van der Waals surface area (Å²) in [5.74, 6) is 0.718. The number of nitrogens with zero attached hydrogens (tertiary/aromatic N) is 1. The number of halogens is 2. The normalized spacial score (nSPS) is 10.5. The van der Waals surface area contributed by atoms with Gasteiger partial charge in [-0.2, -0.15) is 0 Å². The molecule has 0 unspecified atom stereocenters. The standard InChI is InChI=1S/C12H10Cl2N2S/c13-9-2-1-3-11(15)12(9)17-7-8-4-5-16-6-10(8)14/h1-6H,7,15H2. The molecule has 0 radical (unpaired) electrons. The molecular formula is C12H10Cl2N2S. The Morgan fingerprint density at radius 3 is 2.71 bits per heavy atom. The van der Waals surface area contributed by atoms with Gasteiger partial charge in [-0.15, -0.1) is 11.8 Å². The van der Waals surface area contributed by atoms with E-state index in [0.717, 1.165) is 16.2 Å². The van der Waals surface area contributed by atoms with Crippen molar-refractivity contribution >= 4 is 40.7 Å². The number of pyridine rings is 1. The molecule has 0 fully saturated rings. The summed E-state index contributed by atoms with van der Waals surface area (Å²) >= 11 is 13.7. The fourth-order valence-corrected chi connectivity index (χ4v) is 2.95. The van der Waals surface area contributed by atoms with Crippen LogP contribution in [-0.2, 0) is 5.75 Å². The molecule has 0 aliphatic carbocycles. The van der Waals surface area contributed by atoms with Crippen LogP contribution < -0.4 is 5.73 Å². The fraction of sp³-hybridized carbons (Fsp3) is 0.0833. The SMILES string of the molecule is Nc1cccc(Cl)c1SCc1ccncc1Cl. The molecule has 1 aromatic heterocycles. The third kappa shape index (κ3) is 3.06. The number of aromatic nitrogens is 1. The summed E-state index contributed by atoms with van der Waals surface area (Å²) in [4.78, 5) is 4.83. The first-order valence-corrected chi connectivity index (χ1v) is 6.68. The molecule has 0 atom stereocenters.